The van der Waals surface area contributed by atoms with Crippen molar-refractivity contribution in [1.29, 1.82) is 0 Å². The Kier molecular flexibility index (Phi) is 4.95. The van der Waals surface area contributed by atoms with Crippen LogP contribution in [0, 0.1) is 22.0 Å². The number of nitrogens with one attached hydrogen (secondary N) is 1. The minimum atomic E-state index is -2.16. The molecule has 1 aromatic rings. The van der Waals surface area contributed by atoms with Gasteiger partial charge < -0.3 is 4.43 Å². The number of allylic oxidation sites excluding steroid dienone is 2. The Labute approximate surface area is 165 Å². The summed E-state index contributed by atoms with van der Waals surface area (Å²) in [5, 5.41) is 13.9. The number of nitro groups is 1. The molecule has 0 radical (unpaired) electrons. The highest BCUT2D eigenvalue weighted by Crippen LogP contribution is 2.47. The third kappa shape index (κ3) is 3.48. The van der Waals surface area contributed by atoms with Gasteiger partial charge >= 0.3 is 0 Å². The summed E-state index contributed by atoms with van der Waals surface area (Å²) in [5.41, 5.74) is 0.381. The average Bonchev–Trinajstić information content (AvgIpc) is 2.87. The summed E-state index contributed by atoms with van der Waals surface area (Å²) in [7, 11) is -2.16. The number of rotatable bonds is 4. The number of nitro benzene ring substituents is 1. The Hall–Kier alpha value is -2.48. The number of para-hydroxylation sites is 1. The van der Waals surface area contributed by atoms with Gasteiger partial charge in [0.25, 0.3) is 5.69 Å². The smallest absolute Gasteiger partial charge is 0.273 e. The lowest BCUT2D eigenvalue weighted by atomic mass is 9.73. The van der Waals surface area contributed by atoms with E-state index in [4.69, 9.17) is 4.43 Å². The average molecular weight is 403 g/mol. The van der Waals surface area contributed by atoms with E-state index < -0.39 is 31.0 Å². The van der Waals surface area contributed by atoms with Crippen LogP contribution in [0.3, 0.4) is 0 Å². The minimum absolute atomic E-state index is 0.0350. The van der Waals surface area contributed by atoms with Crippen molar-refractivity contribution in [2.24, 2.45) is 11.8 Å². The molecule has 2 amide bonds. The van der Waals surface area contributed by atoms with E-state index in [2.05, 4.69) is 39.2 Å². The molecule has 8 heteroatoms. The Morgan fingerprint density at radius 3 is 2.43 bits per heavy atom. The zero-order chi connectivity index (χ0) is 20.9. The normalized spacial score (nSPS) is 25.0. The second-order valence-electron chi connectivity index (χ2n) is 9.03. The Morgan fingerprint density at radius 1 is 1.18 bits per heavy atom. The van der Waals surface area contributed by atoms with Crippen molar-refractivity contribution in [2.45, 2.75) is 51.2 Å². The summed E-state index contributed by atoms with van der Waals surface area (Å²) >= 11 is 0. The summed E-state index contributed by atoms with van der Waals surface area (Å²) in [6.45, 7) is 10.6. The topological polar surface area (TPSA) is 98.5 Å². The minimum Gasteiger partial charge on any atom is -0.547 e. The third-order valence-electron chi connectivity index (χ3n) is 6.18. The molecule has 1 aromatic carbocycles. The summed E-state index contributed by atoms with van der Waals surface area (Å²) in [6.07, 6.45) is 2.16. The molecular weight excluding hydrogens is 376 g/mol. The maximum absolute atomic E-state index is 12.5. The number of hydrogen-bond acceptors (Lipinski definition) is 5. The highest BCUT2D eigenvalue weighted by Gasteiger charge is 2.51. The zero-order valence-corrected chi connectivity index (χ0v) is 17.8. The molecule has 1 aliphatic carbocycles. The van der Waals surface area contributed by atoms with Crippen LogP contribution < -0.4 is 5.32 Å². The van der Waals surface area contributed by atoms with Gasteiger partial charge in [0.05, 0.1) is 22.5 Å². The van der Waals surface area contributed by atoms with Crippen LogP contribution in [0.4, 0.5) is 5.69 Å². The standard InChI is InChI=1S/C20H26N2O5Si/c1-20(2,3)28(4,5)27-12-10-14(13-8-6-7-9-16(13)22(25)26)17-15(11-12)18(23)21-19(17)24/h6-10,14-15,17H,11H2,1-5H3,(H,21,23,24)/t14-,15-,17+/m1/s1. The lowest BCUT2D eigenvalue weighted by molar-refractivity contribution is -0.385. The lowest BCUT2D eigenvalue weighted by Gasteiger charge is -2.39. The second-order valence-corrected chi connectivity index (χ2v) is 13.8. The van der Waals surface area contributed by atoms with Crippen molar-refractivity contribution in [3.05, 3.63) is 51.8 Å². The Bertz CT molecular complexity index is 872. The molecule has 1 heterocycles. The zero-order valence-electron chi connectivity index (χ0n) is 16.8. The molecule has 0 spiro atoms. The maximum Gasteiger partial charge on any atom is 0.273 e. The van der Waals surface area contributed by atoms with Crippen LogP contribution in [0.15, 0.2) is 36.1 Å². The van der Waals surface area contributed by atoms with Crippen LogP contribution in [0.2, 0.25) is 18.1 Å². The Morgan fingerprint density at radius 2 is 1.82 bits per heavy atom. The first-order chi connectivity index (χ1) is 12.9. The molecule has 1 saturated heterocycles. The molecule has 0 bridgehead atoms. The van der Waals surface area contributed by atoms with Crippen LogP contribution in [0.25, 0.3) is 0 Å². The molecule has 0 saturated carbocycles. The van der Waals surface area contributed by atoms with Crippen molar-refractivity contribution in [1.82, 2.24) is 5.32 Å². The molecule has 3 rings (SSSR count). The first-order valence-electron chi connectivity index (χ1n) is 9.40. The van der Waals surface area contributed by atoms with Crippen molar-refractivity contribution in [3.63, 3.8) is 0 Å². The monoisotopic (exact) mass is 402 g/mol. The van der Waals surface area contributed by atoms with Crippen molar-refractivity contribution >= 4 is 25.8 Å². The second kappa shape index (κ2) is 6.84. The molecular formula is C20H26N2O5Si. The molecule has 2 aliphatic rings. The molecule has 150 valence electrons. The molecule has 1 N–H and O–H groups in total. The number of benzene rings is 1. The molecule has 7 nitrogen and oxygen atoms in total. The summed E-state index contributed by atoms with van der Waals surface area (Å²) in [6, 6.07) is 6.39. The van der Waals surface area contributed by atoms with Crippen molar-refractivity contribution < 1.29 is 18.9 Å². The molecule has 0 unspecified atom stereocenters. The van der Waals surface area contributed by atoms with E-state index in [0.29, 0.717) is 17.7 Å². The van der Waals surface area contributed by atoms with E-state index in [1.807, 2.05) is 6.08 Å². The SMILES string of the molecule is CC(C)(C)[Si](C)(C)OC1=C[C@H](c2ccccc2[N+](=O)[O-])[C@@H]2C(=O)NC(=O)[C@@H]2C1. The van der Waals surface area contributed by atoms with Gasteiger partial charge in [-0.2, -0.15) is 0 Å². The number of imide groups is 1. The molecule has 0 aromatic heterocycles. The highest BCUT2D eigenvalue weighted by molar-refractivity contribution is 6.74. The van der Waals surface area contributed by atoms with Crippen LogP contribution in [-0.2, 0) is 14.0 Å². The van der Waals surface area contributed by atoms with Crippen LogP contribution in [0.5, 0.6) is 0 Å². The summed E-state index contributed by atoms with van der Waals surface area (Å²) in [4.78, 5) is 35.9. The fourth-order valence-electron chi connectivity index (χ4n) is 3.64. The van der Waals surface area contributed by atoms with Gasteiger partial charge in [-0.25, -0.2) is 0 Å². The van der Waals surface area contributed by atoms with Gasteiger partial charge in [-0.3, -0.25) is 25.0 Å². The van der Waals surface area contributed by atoms with Gasteiger partial charge in [0.1, 0.15) is 0 Å². The molecule has 1 fully saturated rings. The van der Waals surface area contributed by atoms with Crippen LogP contribution in [-0.4, -0.2) is 25.1 Å². The Balaban J connectivity index is 2.08. The number of nitrogens with zero attached hydrogens (tertiary/aromatic N) is 1. The van der Waals surface area contributed by atoms with Crippen molar-refractivity contribution in [3.8, 4) is 0 Å². The molecule has 3 atom stereocenters. The fourth-order valence-corrected chi connectivity index (χ4v) is 4.75. The van der Waals surface area contributed by atoms with E-state index in [1.54, 1.807) is 18.2 Å². The van der Waals surface area contributed by atoms with Gasteiger partial charge in [0.2, 0.25) is 20.1 Å². The van der Waals surface area contributed by atoms with E-state index in [9.17, 15) is 19.7 Å². The molecule has 1 aliphatic heterocycles. The van der Waals surface area contributed by atoms with Gasteiger partial charge in [-0.1, -0.05) is 39.0 Å². The quantitative estimate of drug-likeness (QED) is 0.357. The number of fused-ring (bicyclic) bond motifs is 1. The van der Waals surface area contributed by atoms with E-state index in [0.717, 1.165) is 0 Å². The van der Waals surface area contributed by atoms with Gasteiger partial charge in [-0.05, 0) is 24.2 Å². The van der Waals surface area contributed by atoms with E-state index in [1.165, 1.54) is 6.07 Å². The summed E-state index contributed by atoms with van der Waals surface area (Å²) < 4.78 is 6.43. The lowest BCUT2D eigenvalue weighted by Crippen LogP contribution is -2.41. The largest absolute Gasteiger partial charge is 0.547 e. The predicted molar refractivity (Wildman–Crippen MR) is 107 cm³/mol. The predicted octanol–water partition coefficient (Wildman–Crippen LogP) is 3.88. The van der Waals surface area contributed by atoms with Gasteiger partial charge in [-0.15, -0.1) is 0 Å². The van der Waals surface area contributed by atoms with Crippen LogP contribution >= 0.6 is 0 Å². The van der Waals surface area contributed by atoms with E-state index >= 15 is 0 Å². The first-order valence-corrected chi connectivity index (χ1v) is 12.3. The van der Waals surface area contributed by atoms with Crippen LogP contribution in [0.1, 0.15) is 38.7 Å². The molecule has 28 heavy (non-hydrogen) atoms. The summed E-state index contributed by atoms with van der Waals surface area (Å²) in [5.74, 6) is -1.85. The number of hydrogen-bond donors (Lipinski definition) is 1. The third-order valence-corrected chi connectivity index (χ3v) is 10.6. The number of carbonyl (C=O) groups excluding carboxylic acids is 2. The van der Waals surface area contributed by atoms with Gasteiger partial charge in [0.15, 0.2) is 0 Å². The number of amides is 2. The van der Waals surface area contributed by atoms with Gasteiger partial charge in [0, 0.05) is 24.0 Å². The van der Waals surface area contributed by atoms with E-state index in [-0.39, 0.29) is 22.5 Å². The fraction of sp³-hybridized carbons (Fsp3) is 0.500. The number of carbonyl (C=O) groups is 2. The maximum atomic E-state index is 12.5. The highest BCUT2D eigenvalue weighted by atomic mass is 28.4. The van der Waals surface area contributed by atoms with Crippen molar-refractivity contribution in [2.75, 3.05) is 0 Å². The first kappa shape index (κ1) is 20.3.